The van der Waals surface area contributed by atoms with Crippen molar-refractivity contribution < 1.29 is 10.2 Å². The van der Waals surface area contributed by atoms with Gasteiger partial charge in [0.05, 0.1) is 5.69 Å². The zero-order valence-electron chi connectivity index (χ0n) is 18.8. The Morgan fingerprint density at radius 3 is 2.77 bits per heavy atom. The Bertz CT molecular complexity index is 958. The topological polar surface area (TPSA) is 108 Å². The lowest BCUT2D eigenvalue weighted by Gasteiger charge is -2.35. The van der Waals surface area contributed by atoms with Crippen LogP contribution in [-0.2, 0) is 0 Å². The van der Waals surface area contributed by atoms with E-state index in [0.717, 1.165) is 31.9 Å². The van der Waals surface area contributed by atoms with Crippen LogP contribution >= 0.6 is 0 Å². The Kier molecular flexibility index (Phi) is 7.16. The SMILES string of the molecule is CC(C)C[C@H]1CN(c2ccc(C#CC(C)(C)O)c(C(O)c3cccnc3N)n2)CCN1. The Morgan fingerprint density at radius 2 is 2.10 bits per heavy atom. The lowest BCUT2D eigenvalue weighted by molar-refractivity contribution is 0.143. The molecule has 3 rings (SSSR count). The van der Waals surface area contributed by atoms with Gasteiger partial charge >= 0.3 is 0 Å². The lowest BCUT2D eigenvalue weighted by Crippen LogP contribution is -2.51. The number of nitrogen functional groups attached to an aromatic ring is 1. The molecular weight excluding hydrogens is 390 g/mol. The molecule has 1 unspecified atom stereocenters. The van der Waals surface area contributed by atoms with E-state index < -0.39 is 11.7 Å². The number of aliphatic hydroxyl groups excluding tert-OH is 1. The van der Waals surface area contributed by atoms with Gasteiger partial charge in [0.1, 0.15) is 23.3 Å². The van der Waals surface area contributed by atoms with Crippen LogP contribution < -0.4 is 16.0 Å². The van der Waals surface area contributed by atoms with Crippen molar-refractivity contribution in [3.05, 3.63) is 47.3 Å². The van der Waals surface area contributed by atoms with E-state index in [4.69, 9.17) is 10.7 Å². The Labute approximate surface area is 184 Å². The summed E-state index contributed by atoms with van der Waals surface area (Å²) in [6.07, 6.45) is 1.60. The number of nitrogens with zero attached hydrogens (tertiary/aromatic N) is 3. The summed E-state index contributed by atoms with van der Waals surface area (Å²) in [6.45, 7) is 10.3. The summed E-state index contributed by atoms with van der Waals surface area (Å²) in [5.74, 6) is 7.44. The van der Waals surface area contributed by atoms with Crippen LogP contribution in [-0.4, -0.2) is 51.5 Å². The maximum absolute atomic E-state index is 11.1. The summed E-state index contributed by atoms with van der Waals surface area (Å²) in [4.78, 5) is 11.1. The minimum Gasteiger partial charge on any atom is -0.383 e. The van der Waals surface area contributed by atoms with Crippen molar-refractivity contribution in [3.8, 4) is 11.8 Å². The summed E-state index contributed by atoms with van der Waals surface area (Å²) < 4.78 is 0. The molecule has 0 aliphatic carbocycles. The zero-order valence-corrected chi connectivity index (χ0v) is 18.8. The van der Waals surface area contributed by atoms with Gasteiger partial charge in [0.2, 0.25) is 0 Å². The first-order valence-corrected chi connectivity index (χ1v) is 10.8. The average molecular weight is 424 g/mol. The highest BCUT2D eigenvalue weighted by Crippen LogP contribution is 2.28. The highest BCUT2D eigenvalue weighted by atomic mass is 16.3. The normalized spacial score (nSPS) is 17.9. The molecule has 2 aromatic heterocycles. The second-order valence-electron chi connectivity index (χ2n) is 9.02. The predicted octanol–water partition coefficient (Wildman–Crippen LogP) is 2.09. The third kappa shape index (κ3) is 6.17. The van der Waals surface area contributed by atoms with Gasteiger partial charge in [0, 0.05) is 43.0 Å². The third-order valence-corrected chi connectivity index (χ3v) is 5.17. The molecule has 0 saturated carbocycles. The molecule has 0 bridgehead atoms. The lowest BCUT2D eigenvalue weighted by atomic mass is 10.0. The molecule has 166 valence electrons. The number of anilines is 2. The molecule has 1 aliphatic heterocycles. The van der Waals surface area contributed by atoms with Crippen LogP contribution in [0.1, 0.15) is 57.0 Å². The Hall–Kier alpha value is -2.66. The quantitative estimate of drug-likeness (QED) is 0.546. The number of hydrogen-bond donors (Lipinski definition) is 4. The summed E-state index contributed by atoms with van der Waals surface area (Å²) in [5.41, 5.74) is 6.29. The third-order valence-electron chi connectivity index (χ3n) is 5.17. The maximum Gasteiger partial charge on any atom is 0.129 e. The van der Waals surface area contributed by atoms with Crippen molar-refractivity contribution in [2.24, 2.45) is 5.92 Å². The molecule has 0 radical (unpaired) electrons. The van der Waals surface area contributed by atoms with Crippen LogP contribution in [0.15, 0.2) is 30.5 Å². The summed E-state index contributed by atoms with van der Waals surface area (Å²) in [6, 6.07) is 7.64. The standard InChI is InChI=1S/C24H33N5O2/c1-16(2)14-18-15-29(13-12-26-18)20-8-7-17(9-10-24(3,4)31)21(28-20)22(30)19-6-5-11-27-23(19)25/h5-8,11,16,18,22,26,30-31H,12-15H2,1-4H3,(H2,25,27)/t18-,22?/m0/s1. The molecule has 1 saturated heterocycles. The van der Waals surface area contributed by atoms with Crippen LogP contribution in [0.2, 0.25) is 0 Å². The molecule has 3 heterocycles. The molecule has 0 spiro atoms. The first-order chi connectivity index (χ1) is 14.6. The molecule has 1 aliphatic rings. The molecule has 5 N–H and O–H groups in total. The number of nitrogens with one attached hydrogen (secondary N) is 1. The van der Waals surface area contributed by atoms with Crippen LogP contribution in [0, 0.1) is 17.8 Å². The van der Waals surface area contributed by atoms with Gasteiger partial charge in [-0.05, 0) is 44.4 Å². The summed E-state index contributed by atoms with van der Waals surface area (Å²) in [5, 5.41) is 24.7. The van der Waals surface area contributed by atoms with Crippen LogP contribution in [0.3, 0.4) is 0 Å². The number of piperazine rings is 1. The average Bonchev–Trinajstić information content (AvgIpc) is 2.71. The van der Waals surface area contributed by atoms with Crippen molar-refractivity contribution in [2.45, 2.75) is 51.9 Å². The number of nitrogens with two attached hydrogens (primary N) is 1. The molecule has 0 aromatic carbocycles. The molecule has 1 fully saturated rings. The number of aliphatic hydroxyl groups is 2. The molecule has 2 aromatic rings. The van der Waals surface area contributed by atoms with Gasteiger partial charge < -0.3 is 26.2 Å². The van der Waals surface area contributed by atoms with Gasteiger partial charge in [-0.25, -0.2) is 9.97 Å². The number of pyridine rings is 2. The van der Waals surface area contributed by atoms with Crippen molar-refractivity contribution in [1.29, 1.82) is 0 Å². The van der Waals surface area contributed by atoms with E-state index in [0.29, 0.717) is 28.8 Å². The highest BCUT2D eigenvalue weighted by molar-refractivity contribution is 5.52. The van der Waals surface area contributed by atoms with E-state index in [1.807, 2.05) is 12.1 Å². The second-order valence-corrected chi connectivity index (χ2v) is 9.02. The fourth-order valence-electron chi connectivity index (χ4n) is 3.74. The molecular formula is C24H33N5O2. The minimum atomic E-state index is -1.16. The van der Waals surface area contributed by atoms with Crippen molar-refractivity contribution in [3.63, 3.8) is 0 Å². The minimum absolute atomic E-state index is 0.253. The second kappa shape index (κ2) is 9.65. The molecule has 2 atom stereocenters. The van der Waals surface area contributed by atoms with Crippen molar-refractivity contribution >= 4 is 11.6 Å². The molecule has 7 heteroatoms. The first kappa shape index (κ1) is 23.0. The molecule has 31 heavy (non-hydrogen) atoms. The Morgan fingerprint density at radius 1 is 1.32 bits per heavy atom. The molecule has 7 nitrogen and oxygen atoms in total. The summed E-state index contributed by atoms with van der Waals surface area (Å²) >= 11 is 0. The van der Waals surface area contributed by atoms with Gasteiger partial charge in [0.25, 0.3) is 0 Å². The monoisotopic (exact) mass is 423 g/mol. The maximum atomic E-state index is 11.1. The van der Waals surface area contributed by atoms with Gasteiger partial charge in [-0.2, -0.15) is 0 Å². The van der Waals surface area contributed by atoms with Crippen LogP contribution in [0.4, 0.5) is 11.6 Å². The van der Waals surface area contributed by atoms with E-state index in [1.54, 1.807) is 32.2 Å². The highest BCUT2D eigenvalue weighted by Gasteiger charge is 2.24. The number of aromatic nitrogens is 2. The van der Waals surface area contributed by atoms with Gasteiger partial charge in [-0.3, -0.25) is 0 Å². The van der Waals surface area contributed by atoms with E-state index in [-0.39, 0.29) is 5.82 Å². The molecule has 0 amide bonds. The number of hydrogen-bond acceptors (Lipinski definition) is 7. The predicted molar refractivity (Wildman–Crippen MR) is 124 cm³/mol. The van der Waals surface area contributed by atoms with Gasteiger partial charge in [-0.1, -0.05) is 31.8 Å². The van der Waals surface area contributed by atoms with Crippen molar-refractivity contribution in [1.82, 2.24) is 15.3 Å². The van der Waals surface area contributed by atoms with Crippen LogP contribution in [0.5, 0.6) is 0 Å². The fourth-order valence-corrected chi connectivity index (χ4v) is 3.74. The smallest absolute Gasteiger partial charge is 0.129 e. The van der Waals surface area contributed by atoms with E-state index in [1.165, 1.54) is 0 Å². The first-order valence-electron chi connectivity index (χ1n) is 10.8. The fraction of sp³-hybridized carbons (Fsp3) is 0.500. The van der Waals surface area contributed by atoms with Crippen LogP contribution in [0.25, 0.3) is 0 Å². The largest absolute Gasteiger partial charge is 0.383 e. The van der Waals surface area contributed by atoms with Crippen molar-refractivity contribution in [2.75, 3.05) is 30.3 Å². The van der Waals surface area contributed by atoms with Gasteiger partial charge in [0.15, 0.2) is 0 Å². The van der Waals surface area contributed by atoms with E-state index in [2.05, 4.69) is 40.9 Å². The zero-order chi connectivity index (χ0) is 22.6. The van der Waals surface area contributed by atoms with E-state index >= 15 is 0 Å². The Balaban J connectivity index is 1.99. The number of rotatable bonds is 5. The van der Waals surface area contributed by atoms with Gasteiger partial charge in [-0.15, -0.1) is 0 Å². The summed E-state index contributed by atoms with van der Waals surface area (Å²) in [7, 11) is 0. The van der Waals surface area contributed by atoms with E-state index in [9.17, 15) is 10.2 Å².